The minimum Gasteiger partial charge on any atom is -0.462 e. The van der Waals surface area contributed by atoms with Crippen LogP contribution in [-0.2, 0) is 28.5 Å². The van der Waals surface area contributed by atoms with Gasteiger partial charge >= 0.3 is 11.9 Å². The third-order valence-corrected chi connectivity index (χ3v) is 9.34. The summed E-state index contributed by atoms with van der Waals surface area (Å²) in [6.07, 6.45) is 49.3. The Kier molecular flexibility index (Phi) is 36.3. The molecule has 0 radical (unpaired) electrons. The Morgan fingerprint density at radius 1 is 0.525 bits per heavy atom. The van der Waals surface area contributed by atoms with Gasteiger partial charge in [-0.2, -0.15) is 0 Å². The van der Waals surface area contributed by atoms with Crippen molar-refractivity contribution in [1.29, 1.82) is 0 Å². The van der Waals surface area contributed by atoms with Crippen molar-refractivity contribution in [2.75, 3.05) is 19.8 Å². The number of hydrogen-bond acceptors (Lipinski definition) is 10. The molecule has 1 heterocycles. The van der Waals surface area contributed by atoms with Gasteiger partial charge in [-0.05, 0) is 89.9 Å². The van der Waals surface area contributed by atoms with Gasteiger partial charge in [0.25, 0.3) is 0 Å². The Morgan fingerprint density at radius 2 is 0.984 bits per heavy atom. The van der Waals surface area contributed by atoms with Gasteiger partial charge in [0.05, 0.1) is 13.2 Å². The fraction of sp³-hybridized carbons (Fsp3) is 0.569. The molecular weight excluding hydrogens is 773 g/mol. The molecule has 0 aromatic heterocycles. The number of esters is 2. The fourth-order valence-electron chi connectivity index (χ4n) is 5.79. The molecule has 0 spiro atoms. The molecule has 10 nitrogen and oxygen atoms in total. The lowest BCUT2D eigenvalue weighted by Crippen LogP contribution is -2.59. The maximum atomic E-state index is 12.8. The van der Waals surface area contributed by atoms with Crippen molar-refractivity contribution in [1.82, 2.24) is 0 Å². The van der Waals surface area contributed by atoms with Gasteiger partial charge in [0.15, 0.2) is 12.4 Å². The first-order chi connectivity index (χ1) is 29.8. The summed E-state index contributed by atoms with van der Waals surface area (Å²) in [5.41, 5.74) is 0. The van der Waals surface area contributed by atoms with Gasteiger partial charge < -0.3 is 39.4 Å². The molecule has 1 saturated heterocycles. The quantitative estimate of drug-likeness (QED) is 0.0276. The van der Waals surface area contributed by atoms with Crippen molar-refractivity contribution in [3.05, 3.63) is 122 Å². The molecule has 10 heteroatoms. The number of unbranched alkanes of at least 4 members (excludes halogenated alkanes) is 4. The largest absolute Gasteiger partial charge is 0.462 e. The van der Waals surface area contributed by atoms with Gasteiger partial charge in [0.1, 0.15) is 31.0 Å². The lowest BCUT2D eigenvalue weighted by atomic mass is 9.99. The highest BCUT2D eigenvalue weighted by atomic mass is 16.7. The molecule has 1 aliphatic heterocycles. The third kappa shape index (κ3) is 31.6. The molecule has 0 aromatic carbocycles. The molecule has 0 bridgehead atoms. The summed E-state index contributed by atoms with van der Waals surface area (Å²) in [6, 6.07) is 0. The van der Waals surface area contributed by atoms with Gasteiger partial charge in [0, 0.05) is 12.8 Å². The standard InChI is InChI=1S/C51H78O10/c1-3-5-7-9-11-13-15-17-19-21-22-24-25-27-29-31-33-35-37-39-46(53)58-42-44(43-59-51-50(57)49(56)48(55)45(41-52)61-51)60-47(54)40-38-36-34-32-30-28-26-23-20-18-16-14-12-10-8-6-4-2/h6,8,11-14,17-20,22,24,26-29,32-35,44-45,48-52,55-57H,3-5,7,9-10,15-16,21,23,25,30-31,36-43H2,1-2H3/b8-6+,13-11+,14-12+,19-17+,20-18+,24-22+,28-26+,29-27+,34-32+,35-33+/t44-,45-,48+,49?,50?,51-/m0/s1. The highest BCUT2D eigenvalue weighted by Crippen LogP contribution is 2.22. The van der Waals surface area contributed by atoms with Crippen LogP contribution in [0.2, 0.25) is 0 Å². The average Bonchev–Trinajstić information content (AvgIpc) is 3.26. The molecule has 4 N–H and O–H groups in total. The van der Waals surface area contributed by atoms with Gasteiger partial charge in [-0.1, -0.05) is 148 Å². The van der Waals surface area contributed by atoms with E-state index in [1.807, 2.05) is 18.2 Å². The molecule has 61 heavy (non-hydrogen) atoms. The van der Waals surface area contributed by atoms with Crippen molar-refractivity contribution in [2.45, 2.75) is 166 Å². The van der Waals surface area contributed by atoms with Crippen LogP contribution in [0.1, 0.15) is 129 Å². The molecule has 0 saturated carbocycles. The predicted molar refractivity (Wildman–Crippen MR) is 246 cm³/mol. The van der Waals surface area contributed by atoms with E-state index < -0.39 is 55.4 Å². The molecule has 6 atom stereocenters. The molecule has 0 aliphatic carbocycles. The predicted octanol–water partition coefficient (Wildman–Crippen LogP) is 9.88. The minimum absolute atomic E-state index is 0.128. The zero-order valence-corrected chi connectivity index (χ0v) is 37.1. The van der Waals surface area contributed by atoms with Gasteiger partial charge in [0.2, 0.25) is 0 Å². The first kappa shape index (κ1) is 55.1. The number of rotatable bonds is 35. The summed E-state index contributed by atoms with van der Waals surface area (Å²) < 4.78 is 22.0. The topological polar surface area (TPSA) is 152 Å². The van der Waals surface area contributed by atoms with Gasteiger partial charge in [-0.15, -0.1) is 0 Å². The average molecular weight is 851 g/mol. The molecule has 342 valence electrons. The van der Waals surface area contributed by atoms with Crippen LogP contribution < -0.4 is 0 Å². The number of carbonyl (C=O) groups excluding carboxylic acids is 2. The van der Waals surface area contributed by atoms with Crippen molar-refractivity contribution < 1.29 is 49.0 Å². The highest BCUT2D eigenvalue weighted by molar-refractivity contribution is 5.70. The number of ether oxygens (including phenoxy) is 4. The zero-order valence-electron chi connectivity index (χ0n) is 37.1. The van der Waals surface area contributed by atoms with E-state index in [1.54, 1.807) is 0 Å². The number of hydrogen-bond donors (Lipinski definition) is 4. The van der Waals surface area contributed by atoms with E-state index in [1.165, 1.54) is 25.7 Å². The maximum Gasteiger partial charge on any atom is 0.306 e. The summed E-state index contributed by atoms with van der Waals surface area (Å²) in [5, 5.41) is 40.1. The monoisotopic (exact) mass is 851 g/mol. The number of allylic oxidation sites excluding steroid dienone is 20. The molecule has 1 rings (SSSR count). The van der Waals surface area contributed by atoms with E-state index in [2.05, 4.69) is 117 Å². The van der Waals surface area contributed by atoms with Crippen LogP contribution in [0, 0.1) is 0 Å². The fourth-order valence-corrected chi connectivity index (χ4v) is 5.79. The number of aliphatic hydroxyl groups excluding tert-OH is 4. The molecule has 0 amide bonds. The summed E-state index contributed by atoms with van der Waals surface area (Å²) in [4.78, 5) is 25.3. The summed E-state index contributed by atoms with van der Waals surface area (Å²) in [5.74, 6) is -0.986. The summed E-state index contributed by atoms with van der Waals surface area (Å²) in [7, 11) is 0. The molecule has 0 aromatic rings. The van der Waals surface area contributed by atoms with E-state index >= 15 is 0 Å². The normalized spacial score (nSPS) is 20.9. The molecule has 1 fully saturated rings. The lowest BCUT2D eigenvalue weighted by molar-refractivity contribution is -0.305. The Morgan fingerprint density at radius 3 is 1.46 bits per heavy atom. The highest BCUT2D eigenvalue weighted by Gasteiger charge is 2.44. The van der Waals surface area contributed by atoms with Crippen LogP contribution in [0.15, 0.2) is 122 Å². The maximum absolute atomic E-state index is 12.8. The van der Waals surface area contributed by atoms with Crippen LogP contribution in [-0.4, -0.2) is 89.0 Å². The second kappa shape index (κ2) is 40.2. The van der Waals surface area contributed by atoms with Crippen LogP contribution >= 0.6 is 0 Å². The Balaban J connectivity index is 2.44. The van der Waals surface area contributed by atoms with E-state index in [0.717, 1.165) is 57.8 Å². The van der Waals surface area contributed by atoms with Crippen molar-refractivity contribution in [3.63, 3.8) is 0 Å². The van der Waals surface area contributed by atoms with Crippen LogP contribution in [0.4, 0.5) is 0 Å². The van der Waals surface area contributed by atoms with Crippen LogP contribution in [0.25, 0.3) is 0 Å². The van der Waals surface area contributed by atoms with E-state index in [-0.39, 0.29) is 26.1 Å². The van der Waals surface area contributed by atoms with E-state index in [9.17, 15) is 30.0 Å². The summed E-state index contributed by atoms with van der Waals surface area (Å²) >= 11 is 0. The number of carbonyl (C=O) groups is 2. The van der Waals surface area contributed by atoms with Gasteiger partial charge in [-0.3, -0.25) is 9.59 Å². The molecular formula is C51H78O10. The number of aliphatic hydroxyl groups is 4. The lowest BCUT2D eigenvalue weighted by Gasteiger charge is -2.39. The van der Waals surface area contributed by atoms with Crippen LogP contribution in [0.3, 0.4) is 0 Å². The second-order valence-corrected chi connectivity index (χ2v) is 14.8. The second-order valence-electron chi connectivity index (χ2n) is 14.8. The Labute approximate surface area is 367 Å². The first-order valence-electron chi connectivity index (χ1n) is 22.6. The SMILES string of the molecule is CC/C=C/C/C=C/C/C=C/C/C=C/C/C=C/CCCC(=O)O[C@@H](COC(=O)CC/C=C/C/C=C/C/C=C/C/C=C/C/C=C/CCCCC)CO[C@H]1O[C@@H](CO)[C@@H](O)C(O)C1O. The van der Waals surface area contributed by atoms with Crippen molar-refractivity contribution >= 4 is 11.9 Å². The van der Waals surface area contributed by atoms with Crippen LogP contribution in [0.5, 0.6) is 0 Å². The van der Waals surface area contributed by atoms with E-state index in [0.29, 0.717) is 19.3 Å². The van der Waals surface area contributed by atoms with Crippen molar-refractivity contribution in [3.8, 4) is 0 Å². The van der Waals surface area contributed by atoms with Crippen molar-refractivity contribution in [2.24, 2.45) is 0 Å². The smallest absolute Gasteiger partial charge is 0.306 e. The zero-order chi connectivity index (χ0) is 44.4. The first-order valence-corrected chi connectivity index (χ1v) is 22.6. The Bertz CT molecular complexity index is 1400. The molecule has 2 unspecified atom stereocenters. The third-order valence-electron chi connectivity index (χ3n) is 9.34. The van der Waals surface area contributed by atoms with E-state index in [4.69, 9.17) is 18.9 Å². The molecule has 1 aliphatic rings. The van der Waals surface area contributed by atoms with Gasteiger partial charge in [-0.25, -0.2) is 0 Å². The minimum atomic E-state index is -1.62. The Hall–Kier alpha value is -3.90. The summed E-state index contributed by atoms with van der Waals surface area (Å²) in [6.45, 7) is 3.12.